The van der Waals surface area contributed by atoms with Gasteiger partial charge >= 0.3 is 0 Å². The molecule has 0 saturated carbocycles. The van der Waals surface area contributed by atoms with Gasteiger partial charge in [0.15, 0.2) is 0 Å². The second-order valence-electron chi connectivity index (χ2n) is 5.33. The predicted octanol–water partition coefficient (Wildman–Crippen LogP) is 1.39. The van der Waals surface area contributed by atoms with Gasteiger partial charge in [-0.3, -0.25) is 10.3 Å². The minimum Gasteiger partial charge on any atom is -0.384 e. The summed E-state index contributed by atoms with van der Waals surface area (Å²) in [5.41, 5.74) is 6.54. The van der Waals surface area contributed by atoms with Crippen LogP contribution in [0.1, 0.15) is 18.4 Å². The van der Waals surface area contributed by atoms with Crippen LogP contribution in [-0.4, -0.2) is 43.0 Å². The topological polar surface area (TPSA) is 56.4 Å². The molecule has 0 radical (unpaired) electrons. The number of benzene rings is 1. The van der Waals surface area contributed by atoms with Crippen LogP contribution in [0.15, 0.2) is 18.2 Å². The molecule has 2 heterocycles. The highest BCUT2D eigenvalue weighted by atomic mass is 19.1. The van der Waals surface area contributed by atoms with Crippen molar-refractivity contribution in [3.8, 4) is 0 Å². The van der Waals surface area contributed by atoms with Crippen LogP contribution >= 0.6 is 0 Å². The van der Waals surface area contributed by atoms with Crippen molar-refractivity contribution in [2.75, 3.05) is 31.1 Å². The molecule has 2 saturated heterocycles. The monoisotopic (exact) mass is 262 g/mol. The largest absolute Gasteiger partial charge is 0.384 e. The van der Waals surface area contributed by atoms with E-state index in [1.807, 2.05) is 6.07 Å². The lowest BCUT2D eigenvalue weighted by molar-refractivity contribution is 0.231. The average molecular weight is 262 g/mol. The Bertz CT molecular complexity index is 502. The molecule has 19 heavy (non-hydrogen) atoms. The molecule has 0 bridgehead atoms. The summed E-state index contributed by atoms with van der Waals surface area (Å²) in [6.07, 6.45) is 2.46. The minimum atomic E-state index is -0.404. The van der Waals surface area contributed by atoms with E-state index >= 15 is 0 Å². The third-order valence-electron chi connectivity index (χ3n) is 4.19. The van der Waals surface area contributed by atoms with Crippen molar-refractivity contribution in [1.82, 2.24) is 4.90 Å². The average Bonchev–Trinajstić information content (AvgIpc) is 2.85. The second-order valence-corrected chi connectivity index (χ2v) is 5.33. The minimum absolute atomic E-state index is 0.193. The van der Waals surface area contributed by atoms with Gasteiger partial charge in [-0.2, -0.15) is 0 Å². The van der Waals surface area contributed by atoms with E-state index in [0.717, 1.165) is 25.3 Å². The molecule has 1 aromatic rings. The molecule has 2 aliphatic heterocycles. The summed E-state index contributed by atoms with van der Waals surface area (Å²) in [4.78, 5) is 4.68. The molecule has 102 valence electrons. The maximum Gasteiger partial charge on any atom is 0.136 e. The zero-order valence-corrected chi connectivity index (χ0v) is 10.9. The van der Waals surface area contributed by atoms with Gasteiger partial charge in [-0.15, -0.1) is 0 Å². The number of nitrogens with one attached hydrogen (secondary N) is 1. The van der Waals surface area contributed by atoms with Crippen molar-refractivity contribution < 1.29 is 4.39 Å². The Labute approximate surface area is 112 Å². The van der Waals surface area contributed by atoms with Crippen molar-refractivity contribution in [2.24, 2.45) is 5.73 Å². The third-order valence-corrected chi connectivity index (χ3v) is 4.19. The molecule has 0 aliphatic carbocycles. The molecule has 2 aliphatic rings. The summed E-state index contributed by atoms with van der Waals surface area (Å²) in [5, 5.41) is 7.58. The first kappa shape index (κ1) is 12.4. The molecular formula is C14H19FN4. The first-order chi connectivity index (χ1) is 9.16. The van der Waals surface area contributed by atoms with Gasteiger partial charge in [0.25, 0.3) is 0 Å². The summed E-state index contributed by atoms with van der Waals surface area (Å²) in [6, 6.07) is 5.49. The van der Waals surface area contributed by atoms with Crippen molar-refractivity contribution in [3.63, 3.8) is 0 Å². The number of nitrogen functional groups attached to an aromatic ring is 1. The quantitative estimate of drug-likeness (QED) is 0.625. The number of anilines is 1. The molecule has 3 rings (SSSR count). The number of amidine groups is 1. The highest BCUT2D eigenvalue weighted by Crippen LogP contribution is 2.28. The second kappa shape index (κ2) is 4.81. The summed E-state index contributed by atoms with van der Waals surface area (Å²) >= 11 is 0. The fraction of sp³-hybridized carbons (Fsp3) is 0.500. The van der Waals surface area contributed by atoms with Gasteiger partial charge in [-0.05, 0) is 31.5 Å². The number of fused-ring (bicyclic) bond motifs is 1. The van der Waals surface area contributed by atoms with Gasteiger partial charge in [0.2, 0.25) is 0 Å². The summed E-state index contributed by atoms with van der Waals surface area (Å²) in [6.45, 7) is 3.98. The first-order valence-electron chi connectivity index (χ1n) is 6.78. The number of halogens is 1. The highest BCUT2D eigenvalue weighted by molar-refractivity contribution is 6.00. The van der Waals surface area contributed by atoms with Crippen molar-refractivity contribution >= 4 is 11.5 Å². The normalized spacial score (nSPS) is 23.4. The van der Waals surface area contributed by atoms with Crippen molar-refractivity contribution in [1.29, 1.82) is 5.41 Å². The molecule has 0 amide bonds. The zero-order valence-electron chi connectivity index (χ0n) is 10.9. The highest BCUT2D eigenvalue weighted by Gasteiger charge is 2.31. The van der Waals surface area contributed by atoms with Crippen molar-refractivity contribution in [3.05, 3.63) is 29.6 Å². The van der Waals surface area contributed by atoms with E-state index in [9.17, 15) is 4.39 Å². The SMILES string of the molecule is N=C(N)c1c(F)cccc1N1CCN2CCCC2C1. The van der Waals surface area contributed by atoms with E-state index in [4.69, 9.17) is 11.1 Å². The molecule has 0 aromatic heterocycles. The predicted molar refractivity (Wildman–Crippen MR) is 74.2 cm³/mol. The Balaban J connectivity index is 1.90. The Kier molecular flexibility index (Phi) is 3.14. The molecule has 1 aromatic carbocycles. The Morgan fingerprint density at radius 1 is 1.32 bits per heavy atom. The molecule has 1 unspecified atom stereocenters. The summed E-state index contributed by atoms with van der Waals surface area (Å²) < 4.78 is 13.9. The van der Waals surface area contributed by atoms with Gasteiger partial charge in [0.05, 0.1) is 11.3 Å². The summed E-state index contributed by atoms with van der Waals surface area (Å²) in [5.74, 6) is -0.596. The van der Waals surface area contributed by atoms with E-state index in [1.54, 1.807) is 6.07 Å². The van der Waals surface area contributed by atoms with E-state index in [2.05, 4.69) is 9.80 Å². The number of nitrogens with two attached hydrogens (primary N) is 1. The smallest absolute Gasteiger partial charge is 0.136 e. The Morgan fingerprint density at radius 3 is 2.95 bits per heavy atom. The fourth-order valence-electron chi connectivity index (χ4n) is 3.25. The van der Waals surface area contributed by atoms with Gasteiger partial charge < -0.3 is 10.6 Å². The standard InChI is InChI=1S/C14H19FN4/c15-11-4-1-5-12(13(11)14(16)17)19-8-7-18-6-2-3-10(18)9-19/h1,4-5,10H,2-3,6-9H2,(H3,16,17). The number of rotatable bonds is 2. The lowest BCUT2D eigenvalue weighted by Gasteiger charge is -2.39. The number of piperazine rings is 1. The number of hydrogen-bond donors (Lipinski definition) is 2. The molecular weight excluding hydrogens is 243 g/mol. The molecule has 4 nitrogen and oxygen atoms in total. The lowest BCUT2D eigenvalue weighted by Crippen LogP contribution is -2.50. The Hall–Kier alpha value is -1.62. The lowest BCUT2D eigenvalue weighted by atomic mass is 10.1. The van der Waals surface area contributed by atoms with E-state index in [-0.39, 0.29) is 11.4 Å². The van der Waals surface area contributed by atoms with Crippen molar-refractivity contribution in [2.45, 2.75) is 18.9 Å². The molecule has 3 N–H and O–H groups in total. The molecule has 1 atom stereocenters. The van der Waals surface area contributed by atoms with Crippen LogP contribution in [0.25, 0.3) is 0 Å². The third kappa shape index (κ3) is 2.18. The van der Waals surface area contributed by atoms with Crippen LogP contribution in [-0.2, 0) is 0 Å². The van der Waals surface area contributed by atoms with Crippen LogP contribution in [0.4, 0.5) is 10.1 Å². The summed E-state index contributed by atoms with van der Waals surface area (Å²) in [7, 11) is 0. The first-order valence-corrected chi connectivity index (χ1v) is 6.78. The Morgan fingerprint density at radius 2 is 2.16 bits per heavy atom. The van der Waals surface area contributed by atoms with Crippen LogP contribution in [0.5, 0.6) is 0 Å². The fourth-order valence-corrected chi connectivity index (χ4v) is 3.25. The van der Waals surface area contributed by atoms with Crippen LogP contribution in [0.3, 0.4) is 0 Å². The van der Waals surface area contributed by atoms with Crippen LogP contribution in [0.2, 0.25) is 0 Å². The van der Waals surface area contributed by atoms with Gasteiger partial charge in [-0.25, -0.2) is 4.39 Å². The zero-order chi connectivity index (χ0) is 13.4. The molecule has 2 fully saturated rings. The molecule has 0 spiro atoms. The molecule has 5 heteroatoms. The maximum atomic E-state index is 13.9. The van der Waals surface area contributed by atoms with Gasteiger partial charge in [0, 0.05) is 25.7 Å². The van der Waals surface area contributed by atoms with E-state index in [0.29, 0.717) is 6.04 Å². The van der Waals surface area contributed by atoms with Gasteiger partial charge in [0.1, 0.15) is 11.7 Å². The number of nitrogens with zero attached hydrogens (tertiary/aromatic N) is 2. The van der Waals surface area contributed by atoms with Crippen LogP contribution in [0, 0.1) is 11.2 Å². The van der Waals surface area contributed by atoms with Crippen LogP contribution < -0.4 is 10.6 Å². The van der Waals surface area contributed by atoms with Gasteiger partial charge in [-0.1, -0.05) is 6.07 Å². The van der Waals surface area contributed by atoms with E-state index < -0.39 is 5.82 Å². The number of hydrogen-bond acceptors (Lipinski definition) is 3. The van der Waals surface area contributed by atoms with E-state index in [1.165, 1.54) is 25.5 Å². The maximum absolute atomic E-state index is 13.9.